The molecule has 1 saturated heterocycles. The minimum atomic E-state index is -0.233. The number of nitrogens with zero attached hydrogens (tertiary/aromatic N) is 3. The maximum absolute atomic E-state index is 12.0. The number of hydrazone groups is 1. The van der Waals surface area contributed by atoms with Gasteiger partial charge in [-0.05, 0) is 49.6 Å². The Bertz CT molecular complexity index is 717. The molecule has 2 heterocycles. The minimum Gasteiger partial charge on any atom is -0.372 e. The average Bonchev–Trinajstić information content (AvgIpc) is 2.96. The summed E-state index contributed by atoms with van der Waals surface area (Å²) in [6, 6.07) is 11.7. The molecule has 1 aliphatic rings. The van der Waals surface area contributed by atoms with Crippen molar-refractivity contribution in [3.63, 3.8) is 0 Å². The molecule has 0 unspecified atom stereocenters. The van der Waals surface area contributed by atoms with E-state index in [2.05, 4.69) is 44.7 Å². The summed E-state index contributed by atoms with van der Waals surface area (Å²) in [4.78, 5) is 18.4. The van der Waals surface area contributed by atoms with Crippen LogP contribution < -0.4 is 10.3 Å². The van der Waals surface area contributed by atoms with Gasteiger partial charge in [0.25, 0.3) is 5.91 Å². The van der Waals surface area contributed by atoms with Gasteiger partial charge in [0.2, 0.25) is 0 Å². The fourth-order valence-corrected chi connectivity index (χ4v) is 3.01. The third kappa shape index (κ3) is 4.66. The molecule has 0 radical (unpaired) electrons. The van der Waals surface area contributed by atoms with Crippen LogP contribution in [0.2, 0.25) is 0 Å². The highest BCUT2D eigenvalue weighted by molar-refractivity contribution is 6.01. The van der Waals surface area contributed by atoms with Crippen molar-refractivity contribution in [1.29, 1.82) is 0 Å². The van der Waals surface area contributed by atoms with Crippen molar-refractivity contribution in [3.05, 3.63) is 59.9 Å². The molecular weight excluding hydrogens is 312 g/mol. The van der Waals surface area contributed by atoms with E-state index in [1.165, 1.54) is 31.4 Å². The summed E-state index contributed by atoms with van der Waals surface area (Å²) in [6.45, 7) is 4.16. The van der Waals surface area contributed by atoms with E-state index in [1.807, 2.05) is 6.92 Å². The normalized spacial score (nSPS) is 15.6. The van der Waals surface area contributed by atoms with Crippen LogP contribution >= 0.6 is 0 Å². The van der Waals surface area contributed by atoms with E-state index in [1.54, 1.807) is 24.5 Å². The quantitative estimate of drug-likeness (QED) is 0.685. The number of rotatable bonds is 4. The molecular formula is C20H24N4O. The molecule has 130 valence electrons. The number of carbonyl (C=O) groups excluding carboxylic acids is 1. The van der Waals surface area contributed by atoms with Gasteiger partial charge in [0, 0.05) is 36.7 Å². The number of nitrogens with one attached hydrogen (secondary N) is 1. The number of hydrogen-bond acceptors (Lipinski definition) is 4. The van der Waals surface area contributed by atoms with E-state index in [4.69, 9.17) is 0 Å². The Balaban J connectivity index is 1.63. The van der Waals surface area contributed by atoms with Crippen LogP contribution in [0.3, 0.4) is 0 Å². The first kappa shape index (κ1) is 17.1. The molecule has 0 aliphatic carbocycles. The van der Waals surface area contributed by atoms with Gasteiger partial charge in [-0.2, -0.15) is 5.10 Å². The van der Waals surface area contributed by atoms with Crippen molar-refractivity contribution in [2.45, 2.75) is 32.6 Å². The van der Waals surface area contributed by atoms with Crippen LogP contribution in [-0.2, 0) is 0 Å². The van der Waals surface area contributed by atoms with Gasteiger partial charge in [0.15, 0.2) is 0 Å². The topological polar surface area (TPSA) is 57.6 Å². The first-order chi connectivity index (χ1) is 12.2. The van der Waals surface area contributed by atoms with Crippen molar-refractivity contribution in [2.75, 3.05) is 18.0 Å². The Morgan fingerprint density at radius 2 is 1.60 bits per heavy atom. The highest BCUT2D eigenvalue weighted by Gasteiger charge is 2.10. The Kier molecular flexibility index (Phi) is 5.77. The zero-order valence-electron chi connectivity index (χ0n) is 14.6. The van der Waals surface area contributed by atoms with Crippen molar-refractivity contribution >= 4 is 17.3 Å². The van der Waals surface area contributed by atoms with E-state index >= 15 is 0 Å². The van der Waals surface area contributed by atoms with Crippen LogP contribution in [0.25, 0.3) is 0 Å². The molecule has 5 nitrogen and oxygen atoms in total. The molecule has 0 saturated carbocycles. The Morgan fingerprint density at radius 1 is 0.960 bits per heavy atom. The highest BCUT2D eigenvalue weighted by atomic mass is 16.2. The number of anilines is 1. The SMILES string of the molecule is C/C(=N/NC(=O)c1ccncc1)c1ccc(N2CCCCCC2)cc1. The lowest BCUT2D eigenvalue weighted by molar-refractivity contribution is 0.0954. The van der Waals surface area contributed by atoms with Crippen LogP contribution in [0.1, 0.15) is 48.5 Å². The number of amides is 1. The standard InChI is InChI=1S/C20H24N4O/c1-16(22-23-20(25)18-10-12-21-13-11-18)17-6-8-19(9-7-17)24-14-4-2-3-5-15-24/h6-13H,2-5,14-15H2,1H3,(H,23,25)/b22-16-. The second-order valence-corrected chi connectivity index (χ2v) is 6.32. The summed E-state index contributed by atoms with van der Waals surface area (Å²) >= 11 is 0. The first-order valence-corrected chi connectivity index (χ1v) is 8.84. The monoisotopic (exact) mass is 336 g/mol. The number of pyridine rings is 1. The second kappa shape index (κ2) is 8.42. The fraction of sp³-hybridized carbons (Fsp3) is 0.350. The third-order valence-corrected chi connectivity index (χ3v) is 4.52. The molecule has 25 heavy (non-hydrogen) atoms. The summed E-state index contributed by atoms with van der Waals surface area (Å²) in [5.41, 5.74) is 6.19. The third-order valence-electron chi connectivity index (χ3n) is 4.52. The average molecular weight is 336 g/mol. The zero-order valence-corrected chi connectivity index (χ0v) is 14.6. The van der Waals surface area contributed by atoms with E-state index in [0.717, 1.165) is 24.4 Å². The first-order valence-electron chi connectivity index (χ1n) is 8.84. The maximum atomic E-state index is 12.0. The molecule has 1 N–H and O–H groups in total. The second-order valence-electron chi connectivity index (χ2n) is 6.32. The van der Waals surface area contributed by atoms with E-state index in [9.17, 15) is 4.79 Å². The molecule has 3 rings (SSSR count). The fourth-order valence-electron chi connectivity index (χ4n) is 3.01. The van der Waals surface area contributed by atoms with Crippen LogP contribution in [0.4, 0.5) is 5.69 Å². The van der Waals surface area contributed by atoms with Gasteiger partial charge < -0.3 is 4.90 Å². The Labute approximate surface area is 148 Å². The zero-order chi connectivity index (χ0) is 17.5. The lowest BCUT2D eigenvalue weighted by Gasteiger charge is -2.22. The largest absolute Gasteiger partial charge is 0.372 e. The van der Waals surface area contributed by atoms with E-state index in [-0.39, 0.29) is 5.91 Å². The predicted molar refractivity (Wildman–Crippen MR) is 101 cm³/mol. The lowest BCUT2D eigenvalue weighted by atomic mass is 10.1. The maximum Gasteiger partial charge on any atom is 0.271 e. The molecule has 0 atom stereocenters. The van der Waals surface area contributed by atoms with Crippen molar-refractivity contribution in [2.24, 2.45) is 5.10 Å². The van der Waals surface area contributed by atoms with Gasteiger partial charge in [0.1, 0.15) is 0 Å². The Morgan fingerprint density at radius 3 is 2.24 bits per heavy atom. The summed E-state index contributed by atoms with van der Waals surface area (Å²) < 4.78 is 0. The lowest BCUT2D eigenvalue weighted by Crippen LogP contribution is -2.23. The number of benzene rings is 1. The highest BCUT2D eigenvalue weighted by Crippen LogP contribution is 2.20. The summed E-state index contributed by atoms with van der Waals surface area (Å²) in [5, 5.41) is 4.21. The van der Waals surface area contributed by atoms with Gasteiger partial charge in [-0.25, -0.2) is 5.43 Å². The molecule has 0 bridgehead atoms. The molecule has 1 amide bonds. The molecule has 1 aromatic heterocycles. The smallest absolute Gasteiger partial charge is 0.271 e. The molecule has 5 heteroatoms. The van der Waals surface area contributed by atoms with Gasteiger partial charge in [-0.3, -0.25) is 9.78 Å². The van der Waals surface area contributed by atoms with Crippen molar-refractivity contribution < 1.29 is 4.79 Å². The number of carbonyl (C=O) groups is 1. The molecule has 1 aromatic carbocycles. The van der Waals surface area contributed by atoms with Crippen molar-refractivity contribution in [3.8, 4) is 0 Å². The van der Waals surface area contributed by atoms with Gasteiger partial charge in [-0.1, -0.05) is 25.0 Å². The van der Waals surface area contributed by atoms with Crippen LogP contribution in [0.5, 0.6) is 0 Å². The predicted octanol–water partition coefficient (Wildman–Crippen LogP) is 3.62. The van der Waals surface area contributed by atoms with Crippen molar-refractivity contribution in [1.82, 2.24) is 10.4 Å². The molecule has 2 aromatic rings. The summed E-state index contributed by atoms with van der Waals surface area (Å²) in [6.07, 6.45) is 8.38. The van der Waals surface area contributed by atoms with E-state index in [0.29, 0.717) is 5.56 Å². The van der Waals surface area contributed by atoms with E-state index < -0.39 is 0 Å². The minimum absolute atomic E-state index is 0.233. The molecule has 0 spiro atoms. The molecule has 1 fully saturated rings. The Hall–Kier alpha value is -2.69. The van der Waals surface area contributed by atoms with Gasteiger partial charge in [0.05, 0.1) is 5.71 Å². The van der Waals surface area contributed by atoms with Gasteiger partial charge in [-0.15, -0.1) is 0 Å². The number of aromatic nitrogens is 1. The van der Waals surface area contributed by atoms with Crippen LogP contribution in [0, 0.1) is 0 Å². The summed E-state index contributed by atoms with van der Waals surface area (Å²) in [5.74, 6) is -0.233. The summed E-state index contributed by atoms with van der Waals surface area (Å²) in [7, 11) is 0. The molecule has 1 aliphatic heterocycles. The van der Waals surface area contributed by atoms with Crippen LogP contribution in [0.15, 0.2) is 53.9 Å². The van der Waals surface area contributed by atoms with Crippen LogP contribution in [-0.4, -0.2) is 29.7 Å². The number of hydrogen-bond donors (Lipinski definition) is 1. The van der Waals surface area contributed by atoms with Gasteiger partial charge >= 0.3 is 0 Å².